The summed E-state index contributed by atoms with van der Waals surface area (Å²) in [6.45, 7) is 5.48. The number of nitriles is 1. The van der Waals surface area contributed by atoms with Gasteiger partial charge in [0.15, 0.2) is 5.69 Å². The van der Waals surface area contributed by atoms with Gasteiger partial charge in [-0.15, -0.1) is 0 Å². The number of aromatic nitrogens is 3. The summed E-state index contributed by atoms with van der Waals surface area (Å²) in [5.41, 5.74) is 3.03. The minimum absolute atomic E-state index is 0.369. The summed E-state index contributed by atoms with van der Waals surface area (Å²) in [6, 6.07) is 6.56. The first-order chi connectivity index (χ1) is 11.8. The maximum Gasteiger partial charge on any atom is 0.164 e. The molecule has 0 unspecified atom stereocenters. The Bertz CT molecular complexity index is 914. The number of fused-ring (bicyclic) bond motifs is 3. The molecule has 0 atom stereocenters. The molecule has 0 saturated carbocycles. The van der Waals surface area contributed by atoms with E-state index in [1.807, 2.05) is 12.1 Å². The van der Waals surface area contributed by atoms with Crippen LogP contribution in [0.2, 0.25) is 0 Å². The number of nitrogens with zero attached hydrogens (tertiary/aromatic N) is 4. The molecule has 4 rings (SSSR count). The monoisotopic (exact) mass is 320 g/mol. The number of anilines is 1. The van der Waals surface area contributed by atoms with Gasteiger partial charge in [0.2, 0.25) is 0 Å². The highest BCUT2D eigenvalue weighted by atomic mass is 15.1. The van der Waals surface area contributed by atoms with Gasteiger partial charge in [-0.2, -0.15) is 5.26 Å². The highest BCUT2D eigenvalue weighted by molar-refractivity contribution is 6.12. The zero-order valence-corrected chi connectivity index (χ0v) is 13.7. The van der Waals surface area contributed by atoms with E-state index in [0.717, 1.165) is 60.1 Å². The number of hydrogen-bond donors (Lipinski definition) is 2. The molecule has 2 N–H and O–H groups in total. The van der Waals surface area contributed by atoms with Gasteiger partial charge in [0.05, 0.1) is 17.4 Å². The molecule has 3 aromatic rings. The van der Waals surface area contributed by atoms with Crippen molar-refractivity contribution in [1.29, 1.82) is 5.26 Å². The minimum atomic E-state index is 0.369. The van der Waals surface area contributed by atoms with Crippen molar-refractivity contribution in [3.8, 4) is 6.07 Å². The van der Waals surface area contributed by atoms with Gasteiger partial charge >= 0.3 is 0 Å². The molecule has 0 spiro atoms. The summed E-state index contributed by atoms with van der Waals surface area (Å²) in [7, 11) is 0. The van der Waals surface area contributed by atoms with E-state index in [-0.39, 0.29) is 0 Å². The van der Waals surface area contributed by atoms with Gasteiger partial charge in [-0.1, -0.05) is 6.92 Å². The lowest BCUT2D eigenvalue weighted by atomic mass is 10.0. The maximum atomic E-state index is 9.51. The number of aromatic amines is 1. The molecule has 1 fully saturated rings. The second-order valence-electron chi connectivity index (χ2n) is 6.26. The smallest absolute Gasteiger partial charge is 0.164 e. The van der Waals surface area contributed by atoms with Gasteiger partial charge in [-0.3, -0.25) is 0 Å². The zero-order chi connectivity index (χ0) is 16.5. The average molecular weight is 320 g/mol. The van der Waals surface area contributed by atoms with E-state index < -0.39 is 0 Å². The quantitative estimate of drug-likeness (QED) is 0.775. The summed E-state index contributed by atoms with van der Waals surface area (Å²) >= 11 is 0. The Morgan fingerprint density at radius 1 is 1.38 bits per heavy atom. The molecule has 0 aromatic carbocycles. The van der Waals surface area contributed by atoms with Crippen molar-refractivity contribution in [2.45, 2.75) is 25.8 Å². The number of rotatable bonds is 3. The second kappa shape index (κ2) is 6.10. The molecule has 122 valence electrons. The van der Waals surface area contributed by atoms with Crippen LogP contribution in [0.5, 0.6) is 0 Å². The molecule has 4 heterocycles. The van der Waals surface area contributed by atoms with Crippen molar-refractivity contribution in [3.05, 3.63) is 30.2 Å². The largest absolute Gasteiger partial charge is 0.379 e. The third-order valence-electron chi connectivity index (χ3n) is 4.90. The fourth-order valence-corrected chi connectivity index (χ4v) is 3.54. The van der Waals surface area contributed by atoms with Crippen LogP contribution in [0.3, 0.4) is 0 Å². The Labute approximate surface area is 140 Å². The Kier molecular flexibility index (Phi) is 3.79. The molecule has 1 aliphatic heterocycles. The third-order valence-corrected chi connectivity index (χ3v) is 4.90. The predicted molar refractivity (Wildman–Crippen MR) is 94.9 cm³/mol. The fraction of sp³-hybridized carbons (Fsp3) is 0.389. The first-order valence-corrected chi connectivity index (χ1v) is 8.44. The van der Waals surface area contributed by atoms with Crippen molar-refractivity contribution in [3.63, 3.8) is 0 Å². The van der Waals surface area contributed by atoms with Crippen LogP contribution in [0, 0.1) is 11.3 Å². The number of nitrogens with one attached hydrogen (secondary N) is 2. The summed E-state index contributed by atoms with van der Waals surface area (Å²) < 4.78 is 0. The first kappa shape index (κ1) is 14.9. The molecule has 0 amide bonds. The van der Waals surface area contributed by atoms with Crippen molar-refractivity contribution < 1.29 is 0 Å². The predicted octanol–water partition coefficient (Wildman–Crippen LogP) is 2.88. The molecule has 24 heavy (non-hydrogen) atoms. The van der Waals surface area contributed by atoms with Crippen molar-refractivity contribution >= 4 is 27.6 Å². The molecular weight excluding hydrogens is 300 g/mol. The van der Waals surface area contributed by atoms with E-state index >= 15 is 0 Å². The van der Waals surface area contributed by atoms with Crippen LogP contribution >= 0.6 is 0 Å². The molecule has 0 aliphatic carbocycles. The van der Waals surface area contributed by atoms with Crippen molar-refractivity contribution in [2.75, 3.05) is 25.0 Å². The molecule has 6 heteroatoms. The topological polar surface area (TPSA) is 80.6 Å². The van der Waals surface area contributed by atoms with Gasteiger partial charge in [-0.25, -0.2) is 9.97 Å². The lowest BCUT2D eigenvalue weighted by Crippen LogP contribution is -2.39. The second-order valence-corrected chi connectivity index (χ2v) is 6.26. The van der Waals surface area contributed by atoms with Crippen LogP contribution in [0.1, 0.15) is 25.5 Å². The fourth-order valence-electron chi connectivity index (χ4n) is 3.54. The van der Waals surface area contributed by atoms with Crippen molar-refractivity contribution in [1.82, 2.24) is 19.9 Å². The molecule has 1 saturated heterocycles. The SMILES string of the molecule is CCN1CCC(Nc2c(C#N)ncc3[nH]c4ncccc4c23)CC1. The summed E-state index contributed by atoms with van der Waals surface area (Å²) in [5.74, 6) is 0. The van der Waals surface area contributed by atoms with Gasteiger partial charge < -0.3 is 15.2 Å². The molecule has 3 aromatic heterocycles. The van der Waals surface area contributed by atoms with Crippen LogP contribution in [-0.2, 0) is 0 Å². The summed E-state index contributed by atoms with van der Waals surface area (Å²) in [4.78, 5) is 14.5. The molecule has 0 radical (unpaired) electrons. The summed E-state index contributed by atoms with van der Waals surface area (Å²) in [6.07, 6.45) is 5.65. The maximum absolute atomic E-state index is 9.51. The average Bonchev–Trinajstić information content (AvgIpc) is 3.01. The number of H-pyrrole nitrogens is 1. The van der Waals surface area contributed by atoms with Crippen LogP contribution in [-0.4, -0.2) is 45.5 Å². The number of pyridine rings is 2. The van der Waals surface area contributed by atoms with E-state index in [9.17, 15) is 5.26 Å². The zero-order valence-electron chi connectivity index (χ0n) is 13.7. The van der Waals surface area contributed by atoms with Crippen molar-refractivity contribution in [2.24, 2.45) is 0 Å². The van der Waals surface area contributed by atoms with Crippen LogP contribution in [0.25, 0.3) is 21.9 Å². The van der Waals surface area contributed by atoms with E-state index in [4.69, 9.17) is 0 Å². The molecule has 6 nitrogen and oxygen atoms in total. The number of likely N-dealkylation sites (tertiary alicyclic amines) is 1. The highest BCUT2D eigenvalue weighted by Gasteiger charge is 2.21. The summed E-state index contributed by atoms with van der Waals surface area (Å²) in [5, 5.41) is 15.2. The normalized spacial score (nSPS) is 16.5. The van der Waals surface area contributed by atoms with E-state index in [0.29, 0.717) is 11.7 Å². The van der Waals surface area contributed by atoms with Gasteiger partial charge in [0.25, 0.3) is 0 Å². The Balaban J connectivity index is 1.77. The Hall–Kier alpha value is -2.65. The standard InChI is InChI=1S/C18H20N6/c1-2-24-8-5-12(6-9-24)22-17-14(10-19)21-11-15-16(17)13-4-3-7-20-18(13)23-15/h3-4,7,11-12,22H,2,5-6,8-9H2,1H3,(H,20,23). The highest BCUT2D eigenvalue weighted by Crippen LogP contribution is 2.33. The minimum Gasteiger partial charge on any atom is -0.379 e. The Morgan fingerprint density at radius 3 is 2.96 bits per heavy atom. The van der Waals surface area contributed by atoms with Gasteiger partial charge in [-0.05, 0) is 31.5 Å². The first-order valence-electron chi connectivity index (χ1n) is 8.44. The Morgan fingerprint density at radius 2 is 2.21 bits per heavy atom. The lowest BCUT2D eigenvalue weighted by Gasteiger charge is -2.32. The van der Waals surface area contributed by atoms with Crippen LogP contribution in [0.4, 0.5) is 5.69 Å². The van der Waals surface area contributed by atoms with E-state index in [2.05, 4.69) is 38.2 Å². The lowest BCUT2D eigenvalue weighted by molar-refractivity contribution is 0.229. The van der Waals surface area contributed by atoms with Gasteiger partial charge in [0, 0.05) is 36.1 Å². The third kappa shape index (κ3) is 2.47. The van der Waals surface area contributed by atoms with Crippen LogP contribution < -0.4 is 5.32 Å². The van der Waals surface area contributed by atoms with Gasteiger partial charge in [0.1, 0.15) is 11.7 Å². The number of piperidine rings is 1. The molecule has 1 aliphatic rings. The molecular formula is C18H20N6. The van der Waals surface area contributed by atoms with Crippen LogP contribution in [0.15, 0.2) is 24.5 Å². The number of hydrogen-bond acceptors (Lipinski definition) is 5. The molecule has 0 bridgehead atoms. The van der Waals surface area contributed by atoms with E-state index in [1.54, 1.807) is 12.4 Å². The van der Waals surface area contributed by atoms with E-state index in [1.165, 1.54) is 0 Å².